The maximum atomic E-state index is 12.1. The van der Waals surface area contributed by atoms with Crippen molar-refractivity contribution in [2.75, 3.05) is 0 Å². The maximum absolute atomic E-state index is 12.1. The average Bonchev–Trinajstić information content (AvgIpc) is 2.79. The van der Waals surface area contributed by atoms with Crippen LogP contribution in [0.4, 0.5) is 0 Å². The molecule has 0 bridgehead atoms. The Morgan fingerprint density at radius 3 is 2.63 bits per heavy atom. The van der Waals surface area contributed by atoms with E-state index in [0.717, 1.165) is 5.56 Å². The SMILES string of the molecule is CC1(C)O[C@H]2[C@@H](O1)N(Cc1ccccc1)C(=O)[C@@H]2O. The van der Waals surface area contributed by atoms with Crippen LogP contribution in [0.25, 0.3) is 0 Å². The highest BCUT2D eigenvalue weighted by molar-refractivity contribution is 5.84. The van der Waals surface area contributed by atoms with E-state index < -0.39 is 24.2 Å². The van der Waals surface area contributed by atoms with Gasteiger partial charge in [-0.05, 0) is 19.4 Å². The molecule has 0 saturated carbocycles. The molecule has 1 amide bonds. The number of rotatable bonds is 2. The Bertz CT molecular complexity index is 487. The van der Waals surface area contributed by atoms with E-state index in [1.165, 1.54) is 0 Å². The number of ether oxygens (including phenoxy) is 2. The third-order valence-corrected chi connectivity index (χ3v) is 3.46. The van der Waals surface area contributed by atoms with Gasteiger partial charge in [0.2, 0.25) is 0 Å². The van der Waals surface area contributed by atoms with Crippen LogP contribution in [-0.4, -0.2) is 40.1 Å². The van der Waals surface area contributed by atoms with Gasteiger partial charge in [-0.2, -0.15) is 0 Å². The molecular weight excluding hydrogens is 246 g/mol. The standard InChI is InChI=1S/C14H17NO4/c1-14(2)18-11-10(16)12(17)15(13(11)19-14)8-9-6-4-3-5-7-9/h3-7,10-11,13,16H,8H2,1-2H3/t10-,11-,13-/m1/s1. The summed E-state index contributed by atoms with van der Waals surface area (Å²) >= 11 is 0. The summed E-state index contributed by atoms with van der Waals surface area (Å²) < 4.78 is 11.3. The van der Waals surface area contributed by atoms with Crippen molar-refractivity contribution < 1.29 is 19.4 Å². The molecule has 5 nitrogen and oxygen atoms in total. The van der Waals surface area contributed by atoms with E-state index in [4.69, 9.17) is 9.47 Å². The number of benzene rings is 1. The lowest BCUT2D eigenvalue weighted by Crippen LogP contribution is -2.38. The summed E-state index contributed by atoms with van der Waals surface area (Å²) in [5, 5.41) is 9.95. The number of aliphatic hydroxyl groups is 1. The molecule has 3 rings (SSSR count). The van der Waals surface area contributed by atoms with Crippen LogP contribution < -0.4 is 0 Å². The van der Waals surface area contributed by atoms with Crippen LogP contribution in [0.2, 0.25) is 0 Å². The van der Waals surface area contributed by atoms with Gasteiger partial charge in [0.1, 0.15) is 6.10 Å². The Labute approximate surface area is 111 Å². The molecule has 2 heterocycles. The smallest absolute Gasteiger partial charge is 0.256 e. The fraction of sp³-hybridized carbons (Fsp3) is 0.500. The summed E-state index contributed by atoms with van der Waals surface area (Å²) in [6.45, 7) is 3.98. The van der Waals surface area contributed by atoms with E-state index in [9.17, 15) is 9.90 Å². The molecule has 2 aliphatic heterocycles. The summed E-state index contributed by atoms with van der Waals surface area (Å²) in [5.41, 5.74) is 0.997. The summed E-state index contributed by atoms with van der Waals surface area (Å²) in [4.78, 5) is 13.6. The second kappa shape index (κ2) is 4.30. The van der Waals surface area contributed by atoms with Gasteiger partial charge < -0.3 is 19.5 Å². The third-order valence-electron chi connectivity index (χ3n) is 3.46. The summed E-state index contributed by atoms with van der Waals surface area (Å²) in [7, 11) is 0. The zero-order valence-corrected chi connectivity index (χ0v) is 10.9. The number of amides is 1. The minimum atomic E-state index is -1.14. The zero-order valence-electron chi connectivity index (χ0n) is 10.9. The Balaban J connectivity index is 1.83. The number of hydrogen-bond donors (Lipinski definition) is 1. The van der Waals surface area contributed by atoms with Crippen molar-refractivity contribution in [2.24, 2.45) is 0 Å². The second-order valence-corrected chi connectivity index (χ2v) is 5.39. The minimum absolute atomic E-state index is 0.339. The first kappa shape index (κ1) is 12.6. The second-order valence-electron chi connectivity index (χ2n) is 5.39. The molecule has 19 heavy (non-hydrogen) atoms. The Morgan fingerprint density at radius 2 is 1.95 bits per heavy atom. The quantitative estimate of drug-likeness (QED) is 0.860. The van der Waals surface area contributed by atoms with E-state index in [1.807, 2.05) is 30.3 Å². The first-order valence-corrected chi connectivity index (χ1v) is 6.36. The molecule has 2 aliphatic rings. The van der Waals surface area contributed by atoms with Gasteiger partial charge in [0.25, 0.3) is 5.91 Å². The number of likely N-dealkylation sites (tertiary alicyclic amines) is 1. The van der Waals surface area contributed by atoms with E-state index in [2.05, 4.69) is 0 Å². The van der Waals surface area contributed by atoms with Gasteiger partial charge in [-0.1, -0.05) is 30.3 Å². The lowest BCUT2D eigenvalue weighted by Gasteiger charge is -2.25. The van der Waals surface area contributed by atoms with Crippen LogP contribution >= 0.6 is 0 Å². The van der Waals surface area contributed by atoms with Crippen LogP contribution in [0.15, 0.2) is 30.3 Å². The number of carbonyl (C=O) groups is 1. The van der Waals surface area contributed by atoms with Crippen molar-refractivity contribution in [2.45, 2.75) is 44.6 Å². The summed E-state index contributed by atoms with van der Waals surface area (Å²) in [6, 6.07) is 9.63. The van der Waals surface area contributed by atoms with Crippen molar-refractivity contribution in [1.29, 1.82) is 0 Å². The molecule has 0 aromatic heterocycles. The predicted octanol–water partition coefficient (Wildman–Crippen LogP) is 0.867. The number of hydrogen-bond acceptors (Lipinski definition) is 4. The average molecular weight is 263 g/mol. The van der Waals surface area contributed by atoms with E-state index in [1.54, 1.807) is 18.7 Å². The predicted molar refractivity (Wildman–Crippen MR) is 66.8 cm³/mol. The third kappa shape index (κ3) is 2.14. The van der Waals surface area contributed by atoms with Crippen LogP contribution in [0.1, 0.15) is 19.4 Å². The van der Waals surface area contributed by atoms with Crippen molar-refractivity contribution >= 4 is 5.91 Å². The fourth-order valence-electron chi connectivity index (χ4n) is 2.62. The van der Waals surface area contributed by atoms with Crippen LogP contribution in [0.5, 0.6) is 0 Å². The molecule has 1 aromatic rings. The number of aliphatic hydroxyl groups excluding tert-OH is 1. The molecule has 2 fully saturated rings. The molecule has 0 unspecified atom stereocenters. The summed E-state index contributed by atoms with van der Waals surface area (Å²) in [5.74, 6) is -1.11. The first-order valence-electron chi connectivity index (χ1n) is 6.36. The Hall–Kier alpha value is -1.43. The highest BCUT2D eigenvalue weighted by Gasteiger charge is 2.56. The lowest BCUT2D eigenvalue weighted by atomic mass is 10.2. The lowest BCUT2D eigenvalue weighted by molar-refractivity contribution is -0.185. The van der Waals surface area contributed by atoms with Crippen molar-refractivity contribution in [1.82, 2.24) is 4.90 Å². The topological polar surface area (TPSA) is 59.0 Å². The molecule has 3 atom stereocenters. The highest BCUT2D eigenvalue weighted by Crippen LogP contribution is 2.37. The van der Waals surface area contributed by atoms with Crippen LogP contribution in [0, 0.1) is 0 Å². The largest absolute Gasteiger partial charge is 0.380 e. The van der Waals surface area contributed by atoms with Gasteiger partial charge in [-0.25, -0.2) is 0 Å². The molecule has 5 heteroatoms. The monoisotopic (exact) mass is 263 g/mol. The van der Waals surface area contributed by atoms with E-state index in [-0.39, 0.29) is 5.91 Å². The van der Waals surface area contributed by atoms with Crippen molar-refractivity contribution in [3.05, 3.63) is 35.9 Å². The molecular formula is C14H17NO4. The Morgan fingerprint density at radius 1 is 1.26 bits per heavy atom. The molecule has 0 aliphatic carbocycles. The molecule has 102 valence electrons. The van der Waals surface area contributed by atoms with Gasteiger partial charge in [-0.3, -0.25) is 4.79 Å². The number of nitrogens with zero attached hydrogens (tertiary/aromatic N) is 1. The zero-order chi connectivity index (χ0) is 13.6. The van der Waals surface area contributed by atoms with Crippen LogP contribution in [0.3, 0.4) is 0 Å². The molecule has 0 radical (unpaired) electrons. The van der Waals surface area contributed by atoms with Crippen molar-refractivity contribution in [3.63, 3.8) is 0 Å². The number of fused-ring (bicyclic) bond motifs is 1. The van der Waals surface area contributed by atoms with Gasteiger partial charge in [0, 0.05) is 6.54 Å². The maximum Gasteiger partial charge on any atom is 0.256 e. The highest BCUT2D eigenvalue weighted by atomic mass is 16.8. The van der Waals surface area contributed by atoms with Gasteiger partial charge in [0.15, 0.2) is 18.1 Å². The molecule has 1 N–H and O–H groups in total. The van der Waals surface area contributed by atoms with Gasteiger partial charge in [-0.15, -0.1) is 0 Å². The Kier molecular flexibility index (Phi) is 2.85. The first-order chi connectivity index (χ1) is 8.98. The minimum Gasteiger partial charge on any atom is -0.380 e. The number of carbonyl (C=O) groups excluding carboxylic acids is 1. The normalized spacial score (nSPS) is 32.7. The van der Waals surface area contributed by atoms with Crippen molar-refractivity contribution in [3.8, 4) is 0 Å². The summed E-state index contributed by atoms with van der Waals surface area (Å²) in [6.07, 6.45) is -2.26. The van der Waals surface area contributed by atoms with E-state index in [0.29, 0.717) is 6.54 Å². The molecule has 0 spiro atoms. The molecule has 1 aromatic carbocycles. The van der Waals surface area contributed by atoms with Crippen LogP contribution in [-0.2, 0) is 20.8 Å². The fourth-order valence-corrected chi connectivity index (χ4v) is 2.62. The van der Waals surface area contributed by atoms with Gasteiger partial charge in [0.05, 0.1) is 0 Å². The van der Waals surface area contributed by atoms with Gasteiger partial charge >= 0.3 is 0 Å². The molecule has 2 saturated heterocycles. The van der Waals surface area contributed by atoms with E-state index >= 15 is 0 Å².